The lowest BCUT2D eigenvalue weighted by atomic mass is 9.88. The zero-order valence-corrected chi connectivity index (χ0v) is 22.0. The van der Waals surface area contributed by atoms with Crippen LogP contribution in [0.5, 0.6) is 0 Å². The van der Waals surface area contributed by atoms with Crippen LogP contribution in [-0.4, -0.2) is 56.1 Å². The van der Waals surface area contributed by atoms with Crippen LogP contribution in [0.1, 0.15) is 49.3 Å². The molecule has 2 atom stereocenters. The first-order chi connectivity index (χ1) is 15.6. The zero-order valence-electron chi connectivity index (χ0n) is 18.9. The summed E-state index contributed by atoms with van der Waals surface area (Å²) in [5.74, 6) is 0.459. The highest BCUT2D eigenvalue weighted by molar-refractivity contribution is 7.88. The van der Waals surface area contributed by atoms with Gasteiger partial charge < -0.3 is 5.32 Å². The molecular weight excluding hydrogens is 501 g/mol. The van der Waals surface area contributed by atoms with Crippen molar-refractivity contribution in [3.05, 3.63) is 62.6 Å². The van der Waals surface area contributed by atoms with Crippen molar-refractivity contribution in [3.63, 3.8) is 0 Å². The molecule has 1 N–H and O–H groups in total. The van der Waals surface area contributed by atoms with Gasteiger partial charge in [-0.05, 0) is 80.6 Å². The van der Waals surface area contributed by atoms with Crippen LogP contribution < -0.4 is 5.32 Å². The number of halogens is 3. The third-order valence-electron chi connectivity index (χ3n) is 6.90. The first-order valence-electron chi connectivity index (χ1n) is 11.3. The van der Waals surface area contributed by atoms with Gasteiger partial charge in [-0.25, -0.2) is 12.7 Å². The number of rotatable bonds is 6. The maximum absolute atomic E-state index is 11.8. The van der Waals surface area contributed by atoms with E-state index in [9.17, 15) is 8.42 Å². The van der Waals surface area contributed by atoms with Crippen molar-refractivity contribution < 1.29 is 8.42 Å². The van der Waals surface area contributed by atoms with E-state index >= 15 is 0 Å². The van der Waals surface area contributed by atoms with Gasteiger partial charge in [-0.2, -0.15) is 0 Å². The maximum Gasteiger partial charge on any atom is 0.211 e. The van der Waals surface area contributed by atoms with Crippen molar-refractivity contribution >= 4 is 50.5 Å². The Morgan fingerprint density at radius 1 is 0.970 bits per heavy atom. The molecule has 0 amide bonds. The van der Waals surface area contributed by atoms with Crippen LogP contribution in [0.2, 0.25) is 15.1 Å². The number of likely N-dealkylation sites (tertiary alicyclic amines) is 1. The number of piperidine rings is 1. The fraction of sp³-hybridized carbons (Fsp3) is 0.500. The first-order valence-corrected chi connectivity index (χ1v) is 14.3. The minimum absolute atomic E-state index is 0.0236. The Morgan fingerprint density at radius 2 is 1.70 bits per heavy atom. The lowest BCUT2D eigenvalue weighted by molar-refractivity contribution is 0.158. The predicted molar refractivity (Wildman–Crippen MR) is 138 cm³/mol. The van der Waals surface area contributed by atoms with Crippen LogP contribution in [0.3, 0.4) is 0 Å². The van der Waals surface area contributed by atoms with Crippen molar-refractivity contribution in [1.82, 2.24) is 9.21 Å². The molecule has 0 spiro atoms. The van der Waals surface area contributed by atoms with E-state index in [-0.39, 0.29) is 6.04 Å². The third-order valence-corrected chi connectivity index (χ3v) is 9.07. The summed E-state index contributed by atoms with van der Waals surface area (Å²) in [6, 6.07) is 12.1. The predicted octanol–water partition coefficient (Wildman–Crippen LogP) is 6.03. The average Bonchev–Trinajstić information content (AvgIpc) is 3.26. The number of hydrogen-bond donors (Lipinski definition) is 1. The summed E-state index contributed by atoms with van der Waals surface area (Å²) in [6.07, 6.45) is 4.32. The van der Waals surface area contributed by atoms with Gasteiger partial charge >= 0.3 is 0 Å². The third kappa shape index (κ3) is 5.98. The fourth-order valence-electron chi connectivity index (χ4n) is 4.98. The standard InChI is InChI=1S/C24H30Cl3N3O2S/c1-16(21-5-4-19(25)14-23(21)27)28-24-13-18(3-6-22(24)26)17-7-10-29(11-8-17)20-9-12-30(15-20)33(2,31)32/h3-6,13-14,16-17,20,28H,7-12,15H2,1-2H3. The highest BCUT2D eigenvalue weighted by Gasteiger charge is 2.34. The molecule has 4 rings (SSSR count). The Morgan fingerprint density at radius 3 is 2.33 bits per heavy atom. The molecule has 9 heteroatoms. The van der Waals surface area contributed by atoms with Gasteiger partial charge in [0.1, 0.15) is 0 Å². The summed E-state index contributed by atoms with van der Waals surface area (Å²) < 4.78 is 25.3. The summed E-state index contributed by atoms with van der Waals surface area (Å²) >= 11 is 18.9. The van der Waals surface area contributed by atoms with E-state index in [1.807, 2.05) is 18.2 Å². The van der Waals surface area contributed by atoms with E-state index in [1.54, 1.807) is 10.4 Å². The van der Waals surface area contributed by atoms with Crippen molar-refractivity contribution in [3.8, 4) is 0 Å². The van der Waals surface area contributed by atoms with E-state index in [2.05, 4.69) is 29.3 Å². The Bertz CT molecular complexity index is 1100. The van der Waals surface area contributed by atoms with Gasteiger partial charge in [0, 0.05) is 29.2 Å². The Balaban J connectivity index is 1.39. The van der Waals surface area contributed by atoms with E-state index in [4.69, 9.17) is 34.8 Å². The van der Waals surface area contributed by atoms with Crippen LogP contribution >= 0.6 is 34.8 Å². The molecule has 180 valence electrons. The van der Waals surface area contributed by atoms with Gasteiger partial charge in [0.05, 0.1) is 23.0 Å². The SMILES string of the molecule is CC(Nc1cc(C2CCN(C3CCN(S(C)(=O)=O)C3)CC2)ccc1Cl)c1ccc(Cl)cc1Cl. The summed E-state index contributed by atoms with van der Waals surface area (Å²) in [6.45, 7) is 5.26. The highest BCUT2D eigenvalue weighted by Crippen LogP contribution is 2.36. The van der Waals surface area contributed by atoms with Gasteiger partial charge in [-0.15, -0.1) is 0 Å². The van der Waals surface area contributed by atoms with Crippen LogP contribution in [0.25, 0.3) is 0 Å². The summed E-state index contributed by atoms with van der Waals surface area (Å²) in [4.78, 5) is 2.46. The molecule has 2 aliphatic rings. The molecule has 2 heterocycles. The molecule has 0 aromatic heterocycles. The van der Waals surface area contributed by atoms with E-state index in [1.165, 1.54) is 11.8 Å². The van der Waals surface area contributed by atoms with Crippen LogP contribution in [-0.2, 0) is 10.0 Å². The Labute approximate surface area is 212 Å². The van der Waals surface area contributed by atoms with Crippen LogP contribution in [0, 0.1) is 0 Å². The topological polar surface area (TPSA) is 52.6 Å². The van der Waals surface area contributed by atoms with Gasteiger partial charge in [-0.1, -0.05) is 46.9 Å². The van der Waals surface area contributed by atoms with Crippen LogP contribution in [0.4, 0.5) is 5.69 Å². The molecule has 0 bridgehead atoms. The maximum atomic E-state index is 11.8. The Kier molecular flexibility index (Phi) is 7.83. The molecule has 0 saturated carbocycles. The molecule has 2 aliphatic heterocycles. The molecular formula is C24H30Cl3N3O2S. The van der Waals surface area contributed by atoms with Gasteiger partial charge in [0.15, 0.2) is 0 Å². The molecule has 2 unspecified atom stereocenters. The number of hydrogen-bond acceptors (Lipinski definition) is 4. The van der Waals surface area contributed by atoms with Crippen LogP contribution in [0.15, 0.2) is 36.4 Å². The van der Waals surface area contributed by atoms with Crippen molar-refractivity contribution in [2.45, 2.75) is 44.2 Å². The van der Waals surface area contributed by atoms with Crippen molar-refractivity contribution in [2.75, 3.05) is 37.8 Å². The molecule has 0 aliphatic carbocycles. The van der Waals surface area contributed by atoms with E-state index < -0.39 is 10.0 Å². The van der Waals surface area contributed by atoms with E-state index in [0.29, 0.717) is 40.1 Å². The first kappa shape index (κ1) is 25.1. The highest BCUT2D eigenvalue weighted by atomic mass is 35.5. The lowest BCUT2D eigenvalue weighted by Crippen LogP contribution is -2.43. The fourth-order valence-corrected chi connectivity index (χ4v) is 6.60. The molecule has 5 nitrogen and oxygen atoms in total. The van der Waals surface area contributed by atoms with E-state index in [0.717, 1.165) is 43.6 Å². The van der Waals surface area contributed by atoms with Crippen molar-refractivity contribution in [1.29, 1.82) is 0 Å². The molecule has 33 heavy (non-hydrogen) atoms. The monoisotopic (exact) mass is 529 g/mol. The van der Waals surface area contributed by atoms with Gasteiger partial charge in [-0.3, -0.25) is 4.90 Å². The lowest BCUT2D eigenvalue weighted by Gasteiger charge is -2.36. The minimum Gasteiger partial charge on any atom is -0.377 e. The Hall–Kier alpha value is -1.02. The van der Waals surface area contributed by atoms with Gasteiger partial charge in [0.25, 0.3) is 0 Å². The number of anilines is 1. The number of sulfonamides is 1. The molecule has 2 saturated heterocycles. The quantitative estimate of drug-likeness (QED) is 0.495. The minimum atomic E-state index is -3.10. The summed E-state index contributed by atoms with van der Waals surface area (Å²) in [5.41, 5.74) is 3.14. The average molecular weight is 531 g/mol. The number of nitrogens with one attached hydrogen (secondary N) is 1. The molecule has 2 aromatic carbocycles. The summed E-state index contributed by atoms with van der Waals surface area (Å²) in [7, 11) is -3.10. The smallest absolute Gasteiger partial charge is 0.211 e. The second-order valence-electron chi connectivity index (χ2n) is 9.14. The summed E-state index contributed by atoms with van der Waals surface area (Å²) in [5, 5.41) is 5.43. The number of nitrogens with zero attached hydrogens (tertiary/aromatic N) is 2. The second-order valence-corrected chi connectivity index (χ2v) is 12.4. The normalized spacial score (nSPS) is 21.9. The molecule has 0 radical (unpaired) electrons. The van der Waals surface area contributed by atoms with Crippen molar-refractivity contribution in [2.24, 2.45) is 0 Å². The number of benzene rings is 2. The second kappa shape index (κ2) is 10.3. The molecule has 2 aromatic rings. The zero-order chi connectivity index (χ0) is 23.8. The largest absolute Gasteiger partial charge is 0.377 e. The molecule has 2 fully saturated rings. The van der Waals surface area contributed by atoms with Gasteiger partial charge in [0.2, 0.25) is 10.0 Å².